The summed E-state index contributed by atoms with van der Waals surface area (Å²) in [6, 6.07) is 0.0264. The fraction of sp³-hybridized carbons (Fsp3) is 0.875. The fourth-order valence-electron chi connectivity index (χ4n) is 3.39. The van der Waals surface area contributed by atoms with E-state index in [1.807, 2.05) is 62.3 Å². The molecule has 6 nitrogen and oxygen atoms in total. The highest BCUT2D eigenvalue weighted by atomic mass is 16.2. The Morgan fingerprint density at radius 3 is 1.77 bits per heavy atom. The molecule has 0 saturated carbocycles. The van der Waals surface area contributed by atoms with Crippen molar-refractivity contribution < 1.29 is 14.4 Å². The van der Waals surface area contributed by atoms with Crippen LogP contribution in [-0.2, 0) is 14.4 Å². The number of Topliss-reactive ketones (excluding diaryl/α,β-unsaturated/α-hetero) is 2. The molecule has 0 aliphatic rings. The molecule has 0 aromatic rings. The number of carbonyl (C=O) groups excluding carboxylic acids is 3. The van der Waals surface area contributed by atoms with Gasteiger partial charge in [0, 0.05) is 36.4 Å². The van der Waals surface area contributed by atoms with Crippen molar-refractivity contribution in [3.05, 3.63) is 0 Å². The lowest BCUT2D eigenvalue weighted by Crippen LogP contribution is -2.46. The summed E-state index contributed by atoms with van der Waals surface area (Å²) < 4.78 is 0. The van der Waals surface area contributed by atoms with Crippen molar-refractivity contribution in [2.75, 3.05) is 6.54 Å². The summed E-state index contributed by atoms with van der Waals surface area (Å²) in [4.78, 5) is 37.2. The molecule has 0 heterocycles. The smallest absolute Gasteiger partial charge is 0.220 e. The first-order chi connectivity index (χ1) is 13.8. The minimum absolute atomic E-state index is 0.0177. The van der Waals surface area contributed by atoms with Crippen LogP contribution in [0.3, 0.4) is 0 Å². The molecule has 0 saturated heterocycles. The summed E-state index contributed by atoms with van der Waals surface area (Å²) in [5.41, 5.74) is -0.434. The van der Waals surface area contributed by atoms with Crippen LogP contribution >= 0.6 is 0 Å². The number of ketones is 2. The second kappa shape index (κ2) is 13.9. The maximum Gasteiger partial charge on any atom is 0.220 e. The normalized spacial score (nSPS) is 14.3. The number of nitrogens with one attached hydrogen (secondary N) is 3. The van der Waals surface area contributed by atoms with Crippen molar-refractivity contribution in [2.24, 2.45) is 11.3 Å². The molecule has 30 heavy (non-hydrogen) atoms. The molecule has 0 aliphatic carbocycles. The largest absolute Gasteiger partial charge is 0.356 e. The Labute approximate surface area is 184 Å². The predicted molar refractivity (Wildman–Crippen MR) is 125 cm³/mol. The monoisotopic (exact) mass is 425 g/mol. The van der Waals surface area contributed by atoms with Crippen molar-refractivity contribution in [2.45, 2.75) is 119 Å². The average molecular weight is 426 g/mol. The van der Waals surface area contributed by atoms with Gasteiger partial charge in [0.25, 0.3) is 0 Å². The fourth-order valence-corrected chi connectivity index (χ4v) is 3.39. The lowest BCUT2D eigenvalue weighted by Gasteiger charge is -2.27. The van der Waals surface area contributed by atoms with Crippen LogP contribution in [-0.4, -0.2) is 48.2 Å². The van der Waals surface area contributed by atoms with Crippen molar-refractivity contribution in [3.63, 3.8) is 0 Å². The number of rotatable bonds is 15. The molecule has 3 N–H and O–H groups in total. The van der Waals surface area contributed by atoms with E-state index in [4.69, 9.17) is 0 Å². The zero-order valence-corrected chi connectivity index (χ0v) is 20.9. The molecule has 1 amide bonds. The van der Waals surface area contributed by atoms with Gasteiger partial charge < -0.3 is 16.0 Å². The summed E-state index contributed by atoms with van der Waals surface area (Å²) in [6.07, 6.45) is 3.33. The molecule has 2 unspecified atom stereocenters. The van der Waals surface area contributed by atoms with Gasteiger partial charge in [-0.25, -0.2) is 0 Å². The van der Waals surface area contributed by atoms with E-state index in [1.54, 1.807) is 0 Å². The van der Waals surface area contributed by atoms with Gasteiger partial charge >= 0.3 is 0 Å². The van der Waals surface area contributed by atoms with Crippen molar-refractivity contribution >= 4 is 17.5 Å². The molecule has 0 aliphatic heterocycles. The van der Waals surface area contributed by atoms with Crippen LogP contribution in [0.5, 0.6) is 0 Å². The summed E-state index contributed by atoms with van der Waals surface area (Å²) >= 11 is 0. The average Bonchev–Trinajstić information content (AvgIpc) is 2.61. The zero-order chi connectivity index (χ0) is 23.5. The Kier molecular flexibility index (Phi) is 13.3. The van der Waals surface area contributed by atoms with Gasteiger partial charge in [0.05, 0.1) is 12.1 Å². The Hall–Kier alpha value is -1.27. The molecule has 6 heteroatoms. The van der Waals surface area contributed by atoms with E-state index in [-0.39, 0.29) is 47.6 Å². The molecule has 0 aromatic heterocycles. The Morgan fingerprint density at radius 2 is 1.30 bits per heavy atom. The highest BCUT2D eigenvalue weighted by molar-refractivity contribution is 5.89. The molecular formula is C24H47N3O3. The first-order valence-corrected chi connectivity index (χ1v) is 11.6. The number of unbranched alkanes of at least 4 members (excludes halogenated alkanes) is 1. The van der Waals surface area contributed by atoms with Crippen LogP contribution in [0.15, 0.2) is 0 Å². The Bertz CT molecular complexity index is 536. The first kappa shape index (κ1) is 28.7. The van der Waals surface area contributed by atoms with Gasteiger partial charge in [0.1, 0.15) is 0 Å². The van der Waals surface area contributed by atoms with Crippen molar-refractivity contribution in [1.82, 2.24) is 16.0 Å². The number of hydrogen-bond donors (Lipinski definition) is 3. The molecule has 0 radical (unpaired) electrons. The molecule has 0 fully saturated rings. The Balaban J connectivity index is 4.37. The van der Waals surface area contributed by atoms with Crippen LogP contribution in [0.2, 0.25) is 0 Å². The molecule has 0 spiro atoms. The maximum absolute atomic E-state index is 12.6. The van der Waals surface area contributed by atoms with Gasteiger partial charge in [0.2, 0.25) is 5.91 Å². The molecule has 0 aromatic carbocycles. The van der Waals surface area contributed by atoms with Crippen molar-refractivity contribution in [3.8, 4) is 0 Å². The van der Waals surface area contributed by atoms with Gasteiger partial charge in [-0.05, 0) is 25.7 Å². The molecular weight excluding hydrogens is 378 g/mol. The maximum atomic E-state index is 12.6. The summed E-state index contributed by atoms with van der Waals surface area (Å²) in [6.45, 7) is 18.3. The quantitative estimate of drug-likeness (QED) is 0.349. The van der Waals surface area contributed by atoms with E-state index >= 15 is 0 Å². The van der Waals surface area contributed by atoms with E-state index in [9.17, 15) is 14.4 Å². The topological polar surface area (TPSA) is 87.3 Å². The van der Waals surface area contributed by atoms with E-state index in [0.717, 1.165) is 19.3 Å². The number of carbonyl (C=O) groups is 3. The molecule has 2 atom stereocenters. The summed E-state index contributed by atoms with van der Waals surface area (Å²) in [5.74, 6) is 0.383. The van der Waals surface area contributed by atoms with Gasteiger partial charge in [-0.2, -0.15) is 0 Å². The van der Waals surface area contributed by atoms with E-state index in [0.29, 0.717) is 19.4 Å². The van der Waals surface area contributed by atoms with Crippen LogP contribution in [0, 0.1) is 11.3 Å². The van der Waals surface area contributed by atoms with Crippen LogP contribution in [0.4, 0.5) is 0 Å². The SMILES string of the molecule is CC(C)NC(CCCCNC(=O)CCC(NC(C)C)C(=O)C(C)(C)C)C(=O)C(C)C. The van der Waals surface area contributed by atoms with Crippen molar-refractivity contribution in [1.29, 1.82) is 0 Å². The summed E-state index contributed by atoms with van der Waals surface area (Å²) in [5, 5.41) is 9.60. The number of hydrogen-bond acceptors (Lipinski definition) is 5. The van der Waals surface area contributed by atoms with E-state index < -0.39 is 5.41 Å². The Morgan fingerprint density at radius 1 is 0.767 bits per heavy atom. The lowest BCUT2D eigenvalue weighted by atomic mass is 9.84. The second-order valence-corrected chi connectivity index (χ2v) is 10.3. The lowest BCUT2D eigenvalue weighted by molar-refractivity contribution is -0.129. The molecule has 176 valence electrons. The highest BCUT2D eigenvalue weighted by Gasteiger charge is 2.30. The van der Waals surface area contributed by atoms with E-state index in [2.05, 4.69) is 16.0 Å². The zero-order valence-electron chi connectivity index (χ0n) is 20.9. The third-order valence-electron chi connectivity index (χ3n) is 4.94. The van der Waals surface area contributed by atoms with Gasteiger partial charge in [-0.15, -0.1) is 0 Å². The molecule has 0 bridgehead atoms. The van der Waals surface area contributed by atoms with Crippen LogP contribution in [0.1, 0.15) is 94.4 Å². The first-order valence-electron chi connectivity index (χ1n) is 11.6. The highest BCUT2D eigenvalue weighted by Crippen LogP contribution is 2.19. The van der Waals surface area contributed by atoms with Gasteiger partial charge in [-0.1, -0.05) is 62.3 Å². The van der Waals surface area contributed by atoms with Crippen LogP contribution < -0.4 is 16.0 Å². The van der Waals surface area contributed by atoms with Gasteiger partial charge in [0.15, 0.2) is 11.6 Å². The minimum atomic E-state index is -0.434. The van der Waals surface area contributed by atoms with E-state index in [1.165, 1.54) is 0 Å². The minimum Gasteiger partial charge on any atom is -0.356 e. The third kappa shape index (κ3) is 12.4. The third-order valence-corrected chi connectivity index (χ3v) is 4.94. The number of amides is 1. The second-order valence-electron chi connectivity index (χ2n) is 10.3. The van der Waals surface area contributed by atoms with Gasteiger partial charge in [-0.3, -0.25) is 14.4 Å². The predicted octanol–water partition coefficient (Wildman–Crippen LogP) is 3.63. The summed E-state index contributed by atoms with van der Waals surface area (Å²) in [7, 11) is 0. The standard InChI is InChI=1S/C24H47N3O3/c1-16(2)22(29)19(26-17(3)4)12-10-11-15-25-21(28)14-13-20(27-18(5)6)23(30)24(7,8)9/h16-20,26-27H,10-15H2,1-9H3,(H,25,28). The van der Waals surface area contributed by atoms with Crippen LogP contribution in [0.25, 0.3) is 0 Å². The molecule has 0 rings (SSSR count).